The first-order valence-electron chi connectivity index (χ1n) is 4.78. The zero-order chi connectivity index (χ0) is 9.68. The monoisotopic (exact) mass is 189 g/mol. The Balaban J connectivity index is 2.41. The van der Waals surface area contributed by atoms with E-state index in [1.807, 2.05) is 4.90 Å². The van der Waals surface area contributed by atoms with Gasteiger partial charge in [0.1, 0.15) is 6.04 Å². The van der Waals surface area contributed by atoms with Crippen LogP contribution in [0, 0.1) is 0 Å². The van der Waals surface area contributed by atoms with E-state index in [1.54, 1.807) is 0 Å². The molecular weight excluding hydrogens is 173 g/mol. The summed E-state index contributed by atoms with van der Waals surface area (Å²) in [5.41, 5.74) is 0. The fourth-order valence-corrected chi connectivity index (χ4v) is 1.80. The minimum Gasteiger partial charge on any atom is -0.480 e. The molecule has 0 aromatic heterocycles. The molecule has 1 N–H and O–H groups in total. The molecule has 0 bridgehead atoms. The van der Waals surface area contributed by atoms with Gasteiger partial charge in [-0.2, -0.15) is 0 Å². The van der Waals surface area contributed by atoms with Crippen molar-refractivity contribution in [1.29, 1.82) is 0 Å². The highest BCUT2D eigenvalue weighted by molar-refractivity contribution is 5.73. The Morgan fingerprint density at radius 1 is 1.54 bits per heavy atom. The van der Waals surface area contributed by atoms with Gasteiger partial charge in [-0.05, 0) is 25.8 Å². The molecular formula is C9H16FNO2. The number of likely N-dealkylation sites (tertiary alicyclic amines) is 1. The number of rotatable bonds is 4. The summed E-state index contributed by atoms with van der Waals surface area (Å²) in [5, 5.41) is 8.87. The number of nitrogens with zero attached hydrogens (tertiary/aromatic N) is 1. The number of carboxylic acids is 1. The molecule has 0 radical (unpaired) electrons. The molecule has 1 atom stereocenters. The van der Waals surface area contributed by atoms with Crippen LogP contribution < -0.4 is 0 Å². The first-order valence-corrected chi connectivity index (χ1v) is 4.78. The average molecular weight is 189 g/mol. The van der Waals surface area contributed by atoms with Crippen molar-refractivity contribution in [2.75, 3.05) is 19.8 Å². The normalized spacial score (nSPS) is 24.5. The largest absolute Gasteiger partial charge is 0.480 e. The molecule has 3 nitrogen and oxygen atoms in total. The molecule has 1 unspecified atom stereocenters. The lowest BCUT2D eigenvalue weighted by Crippen LogP contribution is -2.45. The van der Waals surface area contributed by atoms with Gasteiger partial charge >= 0.3 is 5.97 Å². The first-order chi connectivity index (χ1) is 6.25. The molecule has 0 amide bonds. The van der Waals surface area contributed by atoms with E-state index in [2.05, 4.69) is 0 Å². The number of alkyl halides is 1. The topological polar surface area (TPSA) is 40.5 Å². The molecule has 0 aromatic carbocycles. The predicted octanol–water partition coefficient (Wildman–Crippen LogP) is 1.29. The third-order valence-electron chi connectivity index (χ3n) is 2.48. The number of piperidine rings is 1. The molecule has 1 rings (SSSR count). The smallest absolute Gasteiger partial charge is 0.320 e. The lowest BCUT2D eigenvalue weighted by atomic mass is 10.0. The quantitative estimate of drug-likeness (QED) is 0.724. The lowest BCUT2D eigenvalue weighted by Gasteiger charge is -2.32. The number of hydrogen-bond donors (Lipinski definition) is 1. The maximum atomic E-state index is 11.9. The van der Waals surface area contributed by atoms with Gasteiger partial charge in [-0.25, -0.2) is 0 Å². The second kappa shape index (κ2) is 5.17. The Kier molecular flexibility index (Phi) is 4.15. The molecule has 1 saturated heterocycles. The average Bonchev–Trinajstić information content (AvgIpc) is 2.15. The van der Waals surface area contributed by atoms with Crippen molar-refractivity contribution in [2.24, 2.45) is 0 Å². The van der Waals surface area contributed by atoms with Gasteiger partial charge in [-0.3, -0.25) is 14.1 Å². The zero-order valence-corrected chi connectivity index (χ0v) is 7.71. The number of carboxylic acid groups (broad SMARTS) is 1. The molecule has 13 heavy (non-hydrogen) atoms. The summed E-state index contributed by atoms with van der Waals surface area (Å²) in [5.74, 6) is -0.765. The molecule has 76 valence electrons. The van der Waals surface area contributed by atoms with E-state index in [0.717, 1.165) is 19.4 Å². The summed E-state index contributed by atoms with van der Waals surface area (Å²) in [7, 11) is 0. The van der Waals surface area contributed by atoms with Crippen LogP contribution in [-0.4, -0.2) is 41.8 Å². The second-order valence-electron chi connectivity index (χ2n) is 3.43. The van der Waals surface area contributed by atoms with E-state index in [0.29, 0.717) is 19.4 Å². The molecule has 0 aromatic rings. The maximum Gasteiger partial charge on any atom is 0.320 e. The third-order valence-corrected chi connectivity index (χ3v) is 2.48. The number of hydrogen-bond acceptors (Lipinski definition) is 2. The van der Waals surface area contributed by atoms with E-state index < -0.39 is 5.97 Å². The Hall–Kier alpha value is -0.640. The Bertz CT molecular complexity index is 175. The molecule has 0 saturated carbocycles. The SMILES string of the molecule is O=C(O)C1CCCCN1CCCF. The zero-order valence-electron chi connectivity index (χ0n) is 7.71. The van der Waals surface area contributed by atoms with Crippen molar-refractivity contribution in [2.45, 2.75) is 31.7 Å². The van der Waals surface area contributed by atoms with Gasteiger partial charge in [-0.1, -0.05) is 6.42 Å². The van der Waals surface area contributed by atoms with E-state index in [1.165, 1.54) is 0 Å². The fourth-order valence-electron chi connectivity index (χ4n) is 1.80. The van der Waals surface area contributed by atoms with Crippen LogP contribution in [0.4, 0.5) is 4.39 Å². The van der Waals surface area contributed by atoms with Crippen LogP contribution in [0.1, 0.15) is 25.7 Å². The second-order valence-corrected chi connectivity index (χ2v) is 3.43. The Labute approximate surface area is 77.5 Å². The minimum atomic E-state index is -0.765. The highest BCUT2D eigenvalue weighted by atomic mass is 19.1. The van der Waals surface area contributed by atoms with Crippen LogP contribution in [0.5, 0.6) is 0 Å². The standard InChI is InChI=1S/C9H16FNO2/c10-5-3-7-11-6-2-1-4-8(11)9(12)13/h8H,1-7H2,(H,12,13). The van der Waals surface area contributed by atoms with Gasteiger partial charge in [0.2, 0.25) is 0 Å². The van der Waals surface area contributed by atoms with E-state index in [4.69, 9.17) is 5.11 Å². The Morgan fingerprint density at radius 2 is 2.31 bits per heavy atom. The van der Waals surface area contributed by atoms with Crippen molar-refractivity contribution in [3.8, 4) is 0 Å². The Morgan fingerprint density at radius 3 is 2.92 bits per heavy atom. The van der Waals surface area contributed by atoms with Crippen LogP contribution in [0.3, 0.4) is 0 Å². The first kappa shape index (κ1) is 10.4. The van der Waals surface area contributed by atoms with Gasteiger partial charge in [0, 0.05) is 6.54 Å². The number of aliphatic carboxylic acids is 1. The maximum absolute atomic E-state index is 11.9. The van der Waals surface area contributed by atoms with E-state index in [9.17, 15) is 9.18 Å². The lowest BCUT2D eigenvalue weighted by molar-refractivity contribution is -0.144. The molecule has 1 fully saturated rings. The van der Waals surface area contributed by atoms with Gasteiger partial charge in [0.05, 0.1) is 6.67 Å². The molecule has 4 heteroatoms. The van der Waals surface area contributed by atoms with Gasteiger partial charge in [-0.15, -0.1) is 0 Å². The highest BCUT2D eigenvalue weighted by Gasteiger charge is 2.27. The van der Waals surface area contributed by atoms with Crippen LogP contribution in [-0.2, 0) is 4.79 Å². The van der Waals surface area contributed by atoms with Crippen LogP contribution in [0.15, 0.2) is 0 Å². The summed E-state index contributed by atoms with van der Waals surface area (Å²) in [6.45, 7) is 1.02. The van der Waals surface area contributed by atoms with Crippen LogP contribution >= 0.6 is 0 Å². The predicted molar refractivity (Wildman–Crippen MR) is 47.4 cm³/mol. The van der Waals surface area contributed by atoms with E-state index >= 15 is 0 Å². The number of carbonyl (C=O) groups is 1. The summed E-state index contributed by atoms with van der Waals surface area (Å²) >= 11 is 0. The molecule has 1 heterocycles. The summed E-state index contributed by atoms with van der Waals surface area (Å²) < 4.78 is 11.9. The summed E-state index contributed by atoms with van der Waals surface area (Å²) in [6, 6.07) is -0.375. The summed E-state index contributed by atoms with van der Waals surface area (Å²) in [4.78, 5) is 12.7. The molecule has 1 aliphatic rings. The van der Waals surface area contributed by atoms with Crippen molar-refractivity contribution in [1.82, 2.24) is 4.90 Å². The van der Waals surface area contributed by atoms with Crippen molar-refractivity contribution >= 4 is 5.97 Å². The molecule has 0 spiro atoms. The van der Waals surface area contributed by atoms with Gasteiger partial charge in [0.25, 0.3) is 0 Å². The third kappa shape index (κ3) is 2.95. The van der Waals surface area contributed by atoms with E-state index in [-0.39, 0.29) is 12.7 Å². The van der Waals surface area contributed by atoms with Crippen molar-refractivity contribution in [3.05, 3.63) is 0 Å². The minimum absolute atomic E-state index is 0.358. The van der Waals surface area contributed by atoms with Crippen LogP contribution in [0.2, 0.25) is 0 Å². The van der Waals surface area contributed by atoms with Crippen molar-refractivity contribution in [3.63, 3.8) is 0 Å². The molecule has 0 aliphatic carbocycles. The fraction of sp³-hybridized carbons (Fsp3) is 0.889. The summed E-state index contributed by atoms with van der Waals surface area (Å²) in [6.07, 6.45) is 3.17. The number of halogens is 1. The highest BCUT2D eigenvalue weighted by Crippen LogP contribution is 2.17. The van der Waals surface area contributed by atoms with Crippen molar-refractivity contribution < 1.29 is 14.3 Å². The molecule has 1 aliphatic heterocycles. The van der Waals surface area contributed by atoms with Gasteiger partial charge < -0.3 is 5.11 Å². The van der Waals surface area contributed by atoms with Crippen LogP contribution in [0.25, 0.3) is 0 Å². The van der Waals surface area contributed by atoms with Gasteiger partial charge in [0.15, 0.2) is 0 Å².